The van der Waals surface area contributed by atoms with Gasteiger partial charge in [-0.3, -0.25) is 0 Å². The van der Waals surface area contributed by atoms with Crippen LogP contribution in [0.25, 0.3) is 0 Å². The molecule has 1 saturated heterocycles. The molecule has 1 atom stereocenters. The van der Waals surface area contributed by atoms with Crippen molar-refractivity contribution < 1.29 is 14.3 Å². The summed E-state index contributed by atoms with van der Waals surface area (Å²) in [7, 11) is 4.16. The minimum absolute atomic E-state index is 0.0605. The van der Waals surface area contributed by atoms with Gasteiger partial charge < -0.3 is 19.3 Å². The summed E-state index contributed by atoms with van der Waals surface area (Å²) in [6.45, 7) is 3.90. The SMILES string of the molecule is CN1CCC(CN(C)Cc2ccoc2C(=O)O)C1. The van der Waals surface area contributed by atoms with Crippen molar-refractivity contribution in [1.82, 2.24) is 9.80 Å². The van der Waals surface area contributed by atoms with Crippen LogP contribution in [-0.2, 0) is 6.54 Å². The molecular weight excluding hydrogens is 232 g/mol. The summed E-state index contributed by atoms with van der Waals surface area (Å²) in [5.74, 6) is -0.255. The largest absolute Gasteiger partial charge is 0.475 e. The van der Waals surface area contributed by atoms with Crippen molar-refractivity contribution in [3.8, 4) is 0 Å². The molecule has 0 spiro atoms. The van der Waals surface area contributed by atoms with E-state index in [1.165, 1.54) is 12.7 Å². The summed E-state index contributed by atoms with van der Waals surface area (Å²) in [5, 5.41) is 8.97. The van der Waals surface area contributed by atoms with Crippen molar-refractivity contribution in [1.29, 1.82) is 0 Å². The second-order valence-electron chi connectivity index (χ2n) is 5.19. The van der Waals surface area contributed by atoms with E-state index < -0.39 is 5.97 Å². The Labute approximate surface area is 107 Å². The van der Waals surface area contributed by atoms with E-state index in [1.807, 2.05) is 7.05 Å². The van der Waals surface area contributed by atoms with Gasteiger partial charge in [0.15, 0.2) is 0 Å². The molecule has 0 aromatic carbocycles. The van der Waals surface area contributed by atoms with E-state index in [0.717, 1.165) is 25.2 Å². The van der Waals surface area contributed by atoms with E-state index in [1.54, 1.807) is 6.07 Å². The molecule has 0 bridgehead atoms. The molecule has 1 N–H and O–H groups in total. The van der Waals surface area contributed by atoms with Gasteiger partial charge in [0.1, 0.15) is 0 Å². The molecule has 2 heterocycles. The number of rotatable bonds is 5. The topological polar surface area (TPSA) is 56.9 Å². The molecular formula is C13H20N2O3. The van der Waals surface area contributed by atoms with Crippen LogP contribution in [-0.4, -0.2) is 54.6 Å². The van der Waals surface area contributed by atoms with Crippen molar-refractivity contribution in [2.24, 2.45) is 5.92 Å². The lowest BCUT2D eigenvalue weighted by Crippen LogP contribution is -2.27. The number of furan rings is 1. The van der Waals surface area contributed by atoms with Gasteiger partial charge in [-0.2, -0.15) is 0 Å². The Bertz CT molecular complexity index is 416. The lowest BCUT2D eigenvalue weighted by Gasteiger charge is -2.20. The smallest absolute Gasteiger partial charge is 0.372 e. The zero-order valence-corrected chi connectivity index (χ0v) is 10.9. The first-order valence-corrected chi connectivity index (χ1v) is 6.23. The molecule has 0 radical (unpaired) electrons. The lowest BCUT2D eigenvalue weighted by atomic mass is 10.1. The van der Waals surface area contributed by atoms with Crippen LogP contribution in [0.3, 0.4) is 0 Å². The molecule has 5 nitrogen and oxygen atoms in total. The minimum Gasteiger partial charge on any atom is -0.475 e. The van der Waals surface area contributed by atoms with Crippen LogP contribution in [0.5, 0.6) is 0 Å². The maximum absolute atomic E-state index is 10.9. The van der Waals surface area contributed by atoms with Gasteiger partial charge in [-0.15, -0.1) is 0 Å². The van der Waals surface area contributed by atoms with Crippen LogP contribution in [0.15, 0.2) is 16.7 Å². The second kappa shape index (κ2) is 5.54. The van der Waals surface area contributed by atoms with Gasteiger partial charge in [-0.25, -0.2) is 4.79 Å². The average molecular weight is 252 g/mol. The first-order chi connectivity index (χ1) is 8.56. The molecule has 1 unspecified atom stereocenters. The van der Waals surface area contributed by atoms with Gasteiger partial charge in [0.05, 0.1) is 6.26 Å². The minimum atomic E-state index is -0.996. The third kappa shape index (κ3) is 3.11. The maximum atomic E-state index is 10.9. The molecule has 1 aromatic rings. The Balaban J connectivity index is 1.88. The highest BCUT2D eigenvalue weighted by Crippen LogP contribution is 2.18. The fourth-order valence-electron chi connectivity index (χ4n) is 2.62. The first kappa shape index (κ1) is 13.1. The number of likely N-dealkylation sites (tertiary alicyclic amines) is 1. The molecule has 1 aromatic heterocycles. The standard InChI is InChI=1S/C13H20N2O3/c1-14-5-3-10(7-14)8-15(2)9-11-4-6-18-12(11)13(16)17/h4,6,10H,3,5,7-9H2,1-2H3,(H,16,17). The van der Waals surface area contributed by atoms with E-state index in [-0.39, 0.29) is 5.76 Å². The Morgan fingerprint density at radius 1 is 1.67 bits per heavy atom. The zero-order chi connectivity index (χ0) is 13.1. The first-order valence-electron chi connectivity index (χ1n) is 6.23. The Morgan fingerprint density at radius 3 is 3.06 bits per heavy atom. The van der Waals surface area contributed by atoms with Crippen molar-refractivity contribution in [3.63, 3.8) is 0 Å². The van der Waals surface area contributed by atoms with Crippen LogP contribution < -0.4 is 0 Å². The van der Waals surface area contributed by atoms with E-state index in [4.69, 9.17) is 9.52 Å². The normalized spacial score (nSPS) is 20.7. The molecule has 1 aliphatic rings. The number of hydrogen-bond donors (Lipinski definition) is 1. The molecule has 18 heavy (non-hydrogen) atoms. The highest BCUT2D eigenvalue weighted by molar-refractivity contribution is 5.86. The number of nitrogens with zero attached hydrogens (tertiary/aromatic N) is 2. The van der Waals surface area contributed by atoms with Crippen LogP contribution in [0, 0.1) is 5.92 Å². The Kier molecular flexibility index (Phi) is 4.04. The third-order valence-corrected chi connectivity index (χ3v) is 3.44. The molecule has 1 aliphatic heterocycles. The number of aromatic carboxylic acids is 1. The van der Waals surface area contributed by atoms with Crippen LogP contribution in [0.1, 0.15) is 22.5 Å². The molecule has 0 saturated carbocycles. The fraction of sp³-hybridized carbons (Fsp3) is 0.615. The highest BCUT2D eigenvalue weighted by atomic mass is 16.4. The zero-order valence-electron chi connectivity index (χ0n) is 10.9. The van der Waals surface area contributed by atoms with E-state index in [9.17, 15) is 4.79 Å². The number of hydrogen-bond acceptors (Lipinski definition) is 4. The predicted octanol–water partition coefficient (Wildman–Crippen LogP) is 1.36. The third-order valence-electron chi connectivity index (χ3n) is 3.44. The number of carboxylic acid groups (broad SMARTS) is 1. The van der Waals surface area contributed by atoms with Gasteiger partial charge in [-0.05, 0) is 39.0 Å². The molecule has 5 heteroatoms. The molecule has 2 rings (SSSR count). The fourth-order valence-corrected chi connectivity index (χ4v) is 2.62. The van der Waals surface area contributed by atoms with Gasteiger partial charge in [0.2, 0.25) is 5.76 Å². The monoisotopic (exact) mass is 252 g/mol. The van der Waals surface area contributed by atoms with Crippen LogP contribution in [0.4, 0.5) is 0 Å². The molecule has 1 fully saturated rings. The Hall–Kier alpha value is -1.33. The number of carbonyl (C=O) groups is 1. The van der Waals surface area contributed by atoms with Crippen molar-refractivity contribution >= 4 is 5.97 Å². The Morgan fingerprint density at radius 2 is 2.44 bits per heavy atom. The van der Waals surface area contributed by atoms with Gasteiger partial charge in [-0.1, -0.05) is 0 Å². The molecule has 0 amide bonds. The molecule has 0 aliphatic carbocycles. The second-order valence-corrected chi connectivity index (χ2v) is 5.19. The van der Waals surface area contributed by atoms with Gasteiger partial charge in [0.25, 0.3) is 0 Å². The summed E-state index contributed by atoms with van der Waals surface area (Å²) >= 11 is 0. The van der Waals surface area contributed by atoms with Gasteiger partial charge in [0, 0.05) is 25.2 Å². The van der Waals surface area contributed by atoms with E-state index >= 15 is 0 Å². The van der Waals surface area contributed by atoms with E-state index in [2.05, 4.69) is 16.8 Å². The van der Waals surface area contributed by atoms with Crippen LogP contribution in [0.2, 0.25) is 0 Å². The summed E-state index contributed by atoms with van der Waals surface area (Å²) in [4.78, 5) is 15.4. The summed E-state index contributed by atoms with van der Waals surface area (Å²) in [6.07, 6.45) is 2.66. The average Bonchev–Trinajstić information content (AvgIpc) is 2.87. The predicted molar refractivity (Wildman–Crippen MR) is 67.6 cm³/mol. The van der Waals surface area contributed by atoms with Gasteiger partial charge >= 0.3 is 5.97 Å². The number of carboxylic acids is 1. The van der Waals surface area contributed by atoms with E-state index in [0.29, 0.717) is 12.5 Å². The summed E-state index contributed by atoms with van der Waals surface area (Å²) in [6, 6.07) is 1.74. The van der Waals surface area contributed by atoms with Crippen molar-refractivity contribution in [3.05, 3.63) is 23.7 Å². The van der Waals surface area contributed by atoms with Crippen molar-refractivity contribution in [2.75, 3.05) is 33.7 Å². The van der Waals surface area contributed by atoms with Crippen LogP contribution >= 0.6 is 0 Å². The highest BCUT2D eigenvalue weighted by Gasteiger charge is 2.22. The summed E-state index contributed by atoms with van der Waals surface area (Å²) < 4.78 is 4.98. The quantitative estimate of drug-likeness (QED) is 0.857. The lowest BCUT2D eigenvalue weighted by molar-refractivity contribution is 0.0659. The maximum Gasteiger partial charge on any atom is 0.372 e. The molecule has 100 valence electrons. The summed E-state index contributed by atoms with van der Waals surface area (Å²) in [5.41, 5.74) is 0.747. The van der Waals surface area contributed by atoms with Crippen molar-refractivity contribution in [2.45, 2.75) is 13.0 Å².